The van der Waals surface area contributed by atoms with Gasteiger partial charge in [0.1, 0.15) is 11.2 Å². The highest BCUT2D eigenvalue weighted by Gasteiger charge is 2.83. The Bertz CT molecular complexity index is 1030. The molecule has 7 heteroatoms. The fraction of sp³-hybridized carbons (Fsp3) is 0.833. The average molecular weight is 449 g/mol. The smallest absolute Gasteiger partial charge is 0.306 e. The van der Waals surface area contributed by atoms with Gasteiger partial charge in [-0.25, -0.2) is 8.42 Å². The molecule has 6 aliphatic rings. The highest BCUT2D eigenvalue weighted by molar-refractivity contribution is 7.92. The first kappa shape index (κ1) is 20.4. The highest BCUT2D eigenvalue weighted by atomic mass is 32.2. The number of rotatable bonds is 2. The number of fused-ring (bicyclic) bond motifs is 4. The van der Waals surface area contributed by atoms with Crippen LogP contribution in [-0.2, 0) is 28.9 Å². The summed E-state index contributed by atoms with van der Waals surface area (Å²) in [5, 5.41) is -0.537. The van der Waals surface area contributed by atoms with Crippen LogP contribution in [0.4, 0.5) is 0 Å². The molecule has 0 bridgehead atoms. The monoisotopic (exact) mass is 448 g/mol. The van der Waals surface area contributed by atoms with E-state index in [1.807, 2.05) is 0 Å². The summed E-state index contributed by atoms with van der Waals surface area (Å²) < 4.78 is 39.5. The summed E-state index contributed by atoms with van der Waals surface area (Å²) in [4.78, 5) is 24.4. The van der Waals surface area contributed by atoms with E-state index in [9.17, 15) is 18.0 Å². The number of hydrogen-bond acceptors (Lipinski definition) is 6. The van der Waals surface area contributed by atoms with Crippen LogP contribution in [0.2, 0.25) is 0 Å². The Balaban J connectivity index is 1.52. The molecule has 6 nitrogen and oxygen atoms in total. The molecule has 5 fully saturated rings. The van der Waals surface area contributed by atoms with Crippen molar-refractivity contribution < 1.29 is 27.5 Å². The zero-order valence-electron chi connectivity index (χ0n) is 18.6. The Morgan fingerprint density at radius 3 is 2.58 bits per heavy atom. The molecule has 31 heavy (non-hydrogen) atoms. The Morgan fingerprint density at radius 2 is 1.90 bits per heavy atom. The normalized spacial score (nSPS) is 52.7. The van der Waals surface area contributed by atoms with Crippen LogP contribution < -0.4 is 0 Å². The summed E-state index contributed by atoms with van der Waals surface area (Å²) in [6.07, 6.45) is 7.02. The van der Waals surface area contributed by atoms with Gasteiger partial charge in [0.05, 0.1) is 11.4 Å². The lowest BCUT2D eigenvalue weighted by molar-refractivity contribution is -0.164. The minimum atomic E-state index is -3.35. The fourth-order valence-electron chi connectivity index (χ4n) is 8.80. The zero-order valence-corrected chi connectivity index (χ0v) is 19.4. The third kappa shape index (κ3) is 2.21. The maximum atomic E-state index is 13.4. The second-order valence-corrected chi connectivity index (χ2v) is 13.8. The summed E-state index contributed by atoms with van der Waals surface area (Å²) in [6, 6.07) is 0. The molecule has 2 heterocycles. The largest absolute Gasteiger partial charge is 0.458 e. The van der Waals surface area contributed by atoms with Crippen molar-refractivity contribution in [3.63, 3.8) is 0 Å². The van der Waals surface area contributed by atoms with Crippen LogP contribution >= 0.6 is 0 Å². The molecule has 3 saturated carbocycles. The van der Waals surface area contributed by atoms with Gasteiger partial charge in [0, 0.05) is 35.3 Å². The minimum absolute atomic E-state index is 0.0375. The molecule has 0 radical (unpaired) electrons. The molecule has 0 amide bonds. The Hall–Kier alpha value is -1.21. The lowest BCUT2D eigenvalue weighted by Gasteiger charge is -2.58. The summed E-state index contributed by atoms with van der Waals surface area (Å²) in [7, 11) is -3.35. The van der Waals surface area contributed by atoms with E-state index in [4.69, 9.17) is 9.47 Å². The number of hydrogen-bond donors (Lipinski definition) is 0. The van der Waals surface area contributed by atoms with Crippen molar-refractivity contribution in [2.45, 2.75) is 94.7 Å². The van der Waals surface area contributed by atoms with Gasteiger partial charge in [0.2, 0.25) is 0 Å². The van der Waals surface area contributed by atoms with Crippen molar-refractivity contribution in [3.05, 3.63) is 11.6 Å². The Morgan fingerprint density at radius 1 is 1.13 bits per heavy atom. The van der Waals surface area contributed by atoms with Gasteiger partial charge in [-0.05, 0) is 50.5 Å². The van der Waals surface area contributed by atoms with E-state index < -0.39 is 26.3 Å². The van der Waals surface area contributed by atoms with Gasteiger partial charge in [-0.15, -0.1) is 0 Å². The second-order valence-electron chi connectivity index (χ2n) is 11.3. The average Bonchev–Trinajstić information content (AvgIpc) is 3.20. The summed E-state index contributed by atoms with van der Waals surface area (Å²) in [6.45, 7) is 6.15. The number of epoxide rings is 1. The highest BCUT2D eigenvalue weighted by Crippen LogP contribution is 2.78. The number of carbonyl (C=O) groups excluding carboxylic acids is 2. The Kier molecular flexibility index (Phi) is 3.83. The van der Waals surface area contributed by atoms with Gasteiger partial charge in [-0.3, -0.25) is 9.59 Å². The van der Waals surface area contributed by atoms with E-state index in [0.717, 1.165) is 37.7 Å². The first-order chi connectivity index (χ1) is 14.5. The second kappa shape index (κ2) is 5.82. The fourth-order valence-corrected chi connectivity index (χ4v) is 10.5. The van der Waals surface area contributed by atoms with E-state index in [2.05, 4.69) is 13.8 Å². The van der Waals surface area contributed by atoms with Gasteiger partial charge >= 0.3 is 5.97 Å². The van der Waals surface area contributed by atoms with Gasteiger partial charge in [-0.2, -0.15) is 0 Å². The predicted octanol–water partition coefficient (Wildman–Crippen LogP) is 3.14. The van der Waals surface area contributed by atoms with Crippen LogP contribution in [0.25, 0.3) is 0 Å². The SMILES string of the molecule is CCS(=O)(=O)[C@@H]1CC2=CC(=O)CC[C@]2(C)C23O[C@H]2C[C@@]2(C)C(CC[C@@]24CCC(=O)O4)C13. The number of sulfone groups is 1. The van der Waals surface area contributed by atoms with Crippen LogP contribution in [0.15, 0.2) is 11.6 Å². The van der Waals surface area contributed by atoms with E-state index in [-0.39, 0.29) is 46.3 Å². The van der Waals surface area contributed by atoms with E-state index in [1.165, 1.54) is 0 Å². The molecule has 0 aromatic carbocycles. The van der Waals surface area contributed by atoms with Crippen molar-refractivity contribution in [1.29, 1.82) is 0 Å². The third-order valence-corrected chi connectivity index (χ3v) is 12.7. The molecule has 8 atom stereocenters. The quantitative estimate of drug-likeness (QED) is 0.476. The van der Waals surface area contributed by atoms with E-state index in [0.29, 0.717) is 19.3 Å². The molecule has 2 aliphatic heterocycles. The summed E-state index contributed by atoms with van der Waals surface area (Å²) in [5.74, 6) is 0.0937. The molecule has 0 aromatic heterocycles. The van der Waals surface area contributed by atoms with Gasteiger partial charge in [0.15, 0.2) is 15.6 Å². The first-order valence-electron chi connectivity index (χ1n) is 11.9. The van der Waals surface area contributed by atoms with E-state index in [1.54, 1.807) is 13.0 Å². The Labute approximate surface area is 184 Å². The summed E-state index contributed by atoms with van der Waals surface area (Å²) >= 11 is 0. The van der Waals surface area contributed by atoms with Crippen molar-refractivity contribution in [2.24, 2.45) is 22.7 Å². The molecule has 0 aromatic rings. The molecule has 0 N–H and O–H groups in total. The van der Waals surface area contributed by atoms with E-state index >= 15 is 0 Å². The minimum Gasteiger partial charge on any atom is -0.458 e. The standard InChI is InChI=1S/C24H32O6S/c1-4-31(27,28)17-12-14-11-15(25)5-8-21(14,2)24-18(29-24)13-22(3)16(20(17)24)6-9-23(22)10-7-19(26)30-23/h11,16-18,20H,4-10,12-13H2,1-3H3/t16?,17-,18+,20?,21+,22+,23-,24?/m1/s1. The van der Waals surface area contributed by atoms with Gasteiger partial charge in [0.25, 0.3) is 0 Å². The molecule has 2 saturated heterocycles. The van der Waals surface area contributed by atoms with Gasteiger partial charge in [-0.1, -0.05) is 26.3 Å². The van der Waals surface area contributed by atoms with Gasteiger partial charge < -0.3 is 9.47 Å². The molecule has 3 unspecified atom stereocenters. The number of carbonyl (C=O) groups is 2. The lowest BCUT2D eigenvalue weighted by atomic mass is 9.46. The molecule has 6 rings (SSSR count). The molecular weight excluding hydrogens is 416 g/mol. The first-order valence-corrected chi connectivity index (χ1v) is 13.6. The predicted molar refractivity (Wildman–Crippen MR) is 113 cm³/mol. The molecule has 2 spiro atoms. The molecule has 170 valence electrons. The molecule has 4 aliphatic carbocycles. The van der Waals surface area contributed by atoms with Crippen molar-refractivity contribution in [2.75, 3.05) is 5.75 Å². The maximum absolute atomic E-state index is 13.4. The number of ketones is 1. The van der Waals surface area contributed by atoms with Crippen LogP contribution in [0.5, 0.6) is 0 Å². The topological polar surface area (TPSA) is 90.0 Å². The van der Waals surface area contributed by atoms with Crippen molar-refractivity contribution >= 4 is 21.6 Å². The van der Waals surface area contributed by atoms with Crippen molar-refractivity contribution in [1.82, 2.24) is 0 Å². The van der Waals surface area contributed by atoms with Crippen LogP contribution in [-0.4, -0.2) is 48.5 Å². The lowest BCUT2D eigenvalue weighted by Crippen LogP contribution is -2.64. The zero-order chi connectivity index (χ0) is 22.0. The number of esters is 1. The molecular formula is C24H32O6S. The van der Waals surface area contributed by atoms with Crippen LogP contribution in [0.1, 0.15) is 72.1 Å². The summed E-state index contributed by atoms with van der Waals surface area (Å²) in [5.41, 5.74) is -0.568. The maximum Gasteiger partial charge on any atom is 0.306 e. The van der Waals surface area contributed by atoms with Crippen LogP contribution in [0.3, 0.4) is 0 Å². The third-order valence-electron chi connectivity index (χ3n) is 10.5. The number of ether oxygens (including phenoxy) is 2. The van der Waals surface area contributed by atoms with Crippen molar-refractivity contribution in [3.8, 4) is 0 Å². The van der Waals surface area contributed by atoms with Crippen LogP contribution in [0, 0.1) is 22.7 Å².